The molecular weight excluding hydrogens is 537 g/mol. The van der Waals surface area contributed by atoms with Crippen molar-refractivity contribution >= 4 is 35.8 Å². The van der Waals surface area contributed by atoms with E-state index < -0.39 is 35.5 Å². The van der Waals surface area contributed by atoms with Crippen molar-refractivity contribution in [2.45, 2.75) is 70.2 Å². The maximum atomic E-state index is 13.8. The second kappa shape index (κ2) is 12.8. The molecule has 4 rings (SSSR count). The Labute approximate surface area is 238 Å². The summed E-state index contributed by atoms with van der Waals surface area (Å²) >= 11 is 6.19. The number of amides is 3. The van der Waals surface area contributed by atoms with E-state index >= 15 is 0 Å². The smallest absolute Gasteiger partial charge is 0.411 e. The molecule has 8 nitrogen and oxygen atoms in total. The Balaban J connectivity index is 1.59. The highest BCUT2D eigenvalue weighted by Gasteiger charge is 2.50. The summed E-state index contributed by atoms with van der Waals surface area (Å²) in [5.74, 6) is -1.44. The van der Waals surface area contributed by atoms with Crippen LogP contribution in [0.5, 0.6) is 0 Å². The van der Waals surface area contributed by atoms with Gasteiger partial charge in [-0.25, -0.2) is 9.18 Å². The molecule has 2 aromatic rings. The molecule has 1 saturated heterocycles. The Morgan fingerprint density at radius 1 is 1.23 bits per heavy atom. The van der Waals surface area contributed by atoms with E-state index in [1.807, 2.05) is 19.9 Å². The lowest BCUT2D eigenvalue weighted by atomic mass is 9.97. The number of nitrogens with zero attached hydrogens (tertiary/aromatic N) is 1. The van der Waals surface area contributed by atoms with Crippen LogP contribution in [-0.4, -0.2) is 47.7 Å². The van der Waals surface area contributed by atoms with Crippen LogP contribution in [-0.2, 0) is 31.3 Å². The van der Waals surface area contributed by atoms with Gasteiger partial charge in [-0.2, -0.15) is 0 Å². The van der Waals surface area contributed by atoms with Gasteiger partial charge < -0.3 is 20.2 Å². The number of carbonyl (C=O) groups is 4. The highest BCUT2D eigenvalue weighted by atomic mass is 35.5. The standard InChI is InChI=1S/C30H35ClFN3O5/c1-19(2)14-26(28(38)34-25(18-36)15-21-10-13-33-27(21)37)35(17-20-6-8-24(32)9-7-20)29(39)40-30(11-12-30)22-4-3-5-23(31)16-22/h3-9,16,18-19,21,25-26H,10-15,17H2,1-2H3,(H,33,37)(H,34,38). The minimum absolute atomic E-state index is 0.00761. The third-order valence-corrected chi connectivity index (χ3v) is 7.64. The van der Waals surface area contributed by atoms with Crippen LogP contribution in [0.25, 0.3) is 0 Å². The van der Waals surface area contributed by atoms with Crippen molar-refractivity contribution in [3.05, 3.63) is 70.5 Å². The highest BCUT2D eigenvalue weighted by Crippen LogP contribution is 2.50. The minimum Gasteiger partial charge on any atom is -0.438 e. The van der Waals surface area contributed by atoms with Gasteiger partial charge in [0.05, 0.1) is 6.04 Å². The lowest BCUT2D eigenvalue weighted by Gasteiger charge is -2.33. The average Bonchev–Trinajstić information content (AvgIpc) is 3.59. The molecule has 2 fully saturated rings. The van der Waals surface area contributed by atoms with Crippen molar-refractivity contribution in [1.82, 2.24) is 15.5 Å². The van der Waals surface area contributed by atoms with Crippen LogP contribution in [0.3, 0.4) is 0 Å². The van der Waals surface area contributed by atoms with E-state index in [4.69, 9.17) is 16.3 Å². The van der Waals surface area contributed by atoms with Crippen LogP contribution in [0.4, 0.5) is 9.18 Å². The van der Waals surface area contributed by atoms with Crippen LogP contribution in [0, 0.1) is 17.7 Å². The molecule has 2 N–H and O–H groups in total. The minimum atomic E-state index is -0.979. The summed E-state index contributed by atoms with van der Waals surface area (Å²) in [6, 6.07) is 11.0. The average molecular weight is 572 g/mol. The van der Waals surface area contributed by atoms with E-state index in [0.29, 0.717) is 49.1 Å². The van der Waals surface area contributed by atoms with Gasteiger partial charge in [-0.3, -0.25) is 14.5 Å². The molecular formula is C30H35ClFN3O5. The monoisotopic (exact) mass is 571 g/mol. The van der Waals surface area contributed by atoms with Crippen LogP contribution in [0.1, 0.15) is 57.1 Å². The fourth-order valence-electron chi connectivity index (χ4n) is 5.08. The van der Waals surface area contributed by atoms with Gasteiger partial charge in [0.25, 0.3) is 0 Å². The number of hydrogen-bond acceptors (Lipinski definition) is 5. The zero-order valence-electron chi connectivity index (χ0n) is 22.7. The molecule has 0 radical (unpaired) electrons. The predicted molar refractivity (Wildman–Crippen MR) is 148 cm³/mol. The second-order valence-corrected chi connectivity index (χ2v) is 11.5. The van der Waals surface area contributed by atoms with Crippen molar-refractivity contribution in [2.24, 2.45) is 11.8 Å². The number of aldehydes is 1. The number of nitrogens with one attached hydrogen (secondary N) is 2. The maximum Gasteiger partial charge on any atom is 0.411 e. The van der Waals surface area contributed by atoms with Gasteiger partial charge in [0.15, 0.2) is 0 Å². The Bertz CT molecular complexity index is 1230. The number of ether oxygens (including phenoxy) is 1. The Morgan fingerprint density at radius 3 is 2.52 bits per heavy atom. The summed E-state index contributed by atoms with van der Waals surface area (Å²) in [6.07, 6.45) is 2.21. The topological polar surface area (TPSA) is 105 Å². The fraction of sp³-hybridized carbons (Fsp3) is 0.467. The van der Waals surface area contributed by atoms with Gasteiger partial charge in [-0.15, -0.1) is 0 Å². The Kier molecular flexibility index (Phi) is 9.45. The molecule has 2 aromatic carbocycles. The normalized spacial score (nSPS) is 18.9. The molecule has 1 aliphatic heterocycles. The molecule has 1 saturated carbocycles. The third-order valence-electron chi connectivity index (χ3n) is 7.40. The molecule has 3 unspecified atom stereocenters. The van der Waals surface area contributed by atoms with Crippen molar-refractivity contribution in [2.75, 3.05) is 6.54 Å². The Morgan fingerprint density at radius 2 is 1.95 bits per heavy atom. The second-order valence-electron chi connectivity index (χ2n) is 11.0. The first-order valence-corrected chi connectivity index (χ1v) is 14.0. The molecule has 2 aliphatic rings. The summed E-state index contributed by atoms with van der Waals surface area (Å²) < 4.78 is 19.7. The molecule has 0 spiro atoms. The molecule has 0 bridgehead atoms. The van der Waals surface area contributed by atoms with E-state index in [-0.39, 0.29) is 30.7 Å². The molecule has 1 heterocycles. The first-order valence-electron chi connectivity index (χ1n) is 13.6. The van der Waals surface area contributed by atoms with Crippen LogP contribution < -0.4 is 10.6 Å². The summed E-state index contributed by atoms with van der Waals surface area (Å²) in [7, 11) is 0. The zero-order chi connectivity index (χ0) is 28.9. The van der Waals surface area contributed by atoms with Gasteiger partial charge in [0.2, 0.25) is 11.8 Å². The van der Waals surface area contributed by atoms with Crippen LogP contribution in [0.15, 0.2) is 48.5 Å². The summed E-state index contributed by atoms with van der Waals surface area (Å²) in [5.41, 5.74) is 0.543. The lowest BCUT2D eigenvalue weighted by Crippen LogP contribution is -2.53. The molecule has 0 aromatic heterocycles. The molecule has 40 heavy (non-hydrogen) atoms. The maximum absolute atomic E-state index is 13.8. The van der Waals surface area contributed by atoms with Crippen LogP contribution in [0.2, 0.25) is 5.02 Å². The van der Waals surface area contributed by atoms with E-state index in [9.17, 15) is 23.6 Å². The van der Waals surface area contributed by atoms with Gasteiger partial charge in [-0.05, 0) is 73.4 Å². The van der Waals surface area contributed by atoms with E-state index in [0.717, 1.165) is 5.56 Å². The number of carbonyl (C=O) groups excluding carboxylic acids is 4. The molecule has 1 aliphatic carbocycles. The van der Waals surface area contributed by atoms with E-state index in [1.165, 1.54) is 17.0 Å². The lowest BCUT2D eigenvalue weighted by molar-refractivity contribution is -0.130. The van der Waals surface area contributed by atoms with Crippen molar-refractivity contribution < 1.29 is 28.3 Å². The summed E-state index contributed by atoms with van der Waals surface area (Å²) in [4.78, 5) is 52.8. The van der Waals surface area contributed by atoms with E-state index in [1.54, 1.807) is 30.3 Å². The number of halogens is 2. The van der Waals surface area contributed by atoms with Crippen molar-refractivity contribution in [1.29, 1.82) is 0 Å². The number of rotatable bonds is 12. The first kappa shape index (κ1) is 29.5. The SMILES string of the molecule is CC(C)CC(C(=O)NC(C=O)CC1CCNC1=O)N(Cc1ccc(F)cc1)C(=O)OC1(c2cccc(Cl)c2)CC1. The van der Waals surface area contributed by atoms with Gasteiger partial charge in [0.1, 0.15) is 23.7 Å². The number of benzene rings is 2. The summed E-state index contributed by atoms with van der Waals surface area (Å²) in [5, 5.41) is 6.02. The molecule has 3 amide bonds. The molecule has 3 atom stereocenters. The third kappa shape index (κ3) is 7.38. The van der Waals surface area contributed by atoms with Crippen molar-refractivity contribution in [3.63, 3.8) is 0 Å². The first-order chi connectivity index (χ1) is 19.1. The fourth-order valence-corrected chi connectivity index (χ4v) is 5.27. The van der Waals surface area contributed by atoms with E-state index in [2.05, 4.69) is 10.6 Å². The quantitative estimate of drug-likeness (QED) is 0.358. The number of hydrogen-bond donors (Lipinski definition) is 2. The molecule has 214 valence electrons. The van der Waals surface area contributed by atoms with Crippen LogP contribution >= 0.6 is 11.6 Å². The van der Waals surface area contributed by atoms with Gasteiger partial charge in [0, 0.05) is 24.0 Å². The predicted octanol–water partition coefficient (Wildman–Crippen LogP) is 4.73. The van der Waals surface area contributed by atoms with Crippen molar-refractivity contribution in [3.8, 4) is 0 Å². The van der Waals surface area contributed by atoms with Gasteiger partial charge in [-0.1, -0.05) is 49.7 Å². The highest BCUT2D eigenvalue weighted by molar-refractivity contribution is 6.30. The van der Waals surface area contributed by atoms with Gasteiger partial charge >= 0.3 is 6.09 Å². The largest absolute Gasteiger partial charge is 0.438 e. The Hall–Kier alpha value is -3.46. The zero-order valence-corrected chi connectivity index (χ0v) is 23.5. The molecule has 10 heteroatoms. The summed E-state index contributed by atoms with van der Waals surface area (Å²) in [6.45, 7) is 4.38.